The molecule has 0 aliphatic carbocycles. The Morgan fingerprint density at radius 3 is 2.89 bits per heavy atom. The number of amidine groups is 1. The first-order valence-corrected chi connectivity index (χ1v) is 6.98. The molecular weight excluding hydrogens is 266 g/mol. The first-order chi connectivity index (χ1) is 9.12. The number of amides is 1. The van der Waals surface area contributed by atoms with Crippen LogP contribution in [0.15, 0.2) is 5.16 Å². The van der Waals surface area contributed by atoms with Crippen molar-refractivity contribution in [3.63, 3.8) is 0 Å². The zero-order valence-electron chi connectivity index (χ0n) is 11.1. The standard InChI is InChI=1S/C11H19N5O2S/c1-3-5-8-10(19-16-14-8)11(17)13-7(4-2)6-9(12)15-18/h7,18H,3-6H2,1-2H3,(H2,12,15)(H,13,17). The third kappa shape index (κ3) is 4.47. The number of aromatic nitrogens is 2. The second kappa shape index (κ2) is 7.67. The quantitative estimate of drug-likeness (QED) is 0.301. The predicted octanol–water partition coefficient (Wildman–Crippen LogP) is 1.14. The van der Waals surface area contributed by atoms with Crippen LogP contribution in [0.2, 0.25) is 0 Å². The number of hydrogen-bond acceptors (Lipinski definition) is 6. The van der Waals surface area contributed by atoms with Crippen LogP contribution in [-0.2, 0) is 6.42 Å². The number of carbonyl (C=O) groups excluding carboxylic acids is 1. The van der Waals surface area contributed by atoms with Gasteiger partial charge in [0.25, 0.3) is 5.91 Å². The van der Waals surface area contributed by atoms with Crippen molar-refractivity contribution in [1.82, 2.24) is 14.9 Å². The Labute approximate surface area is 116 Å². The van der Waals surface area contributed by atoms with Gasteiger partial charge in [-0.25, -0.2) is 0 Å². The first kappa shape index (κ1) is 15.4. The van der Waals surface area contributed by atoms with Crippen LogP contribution in [-0.4, -0.2) is 32.6 Å². The van der Waals surface area contributed by atoms with E-state index in [9.17, 15) is 4.79 Å². The lowest BCUT2D eigenvalue weighted by Gasteiger charge is -2.15. The van der Waals surface area contributed by atoms with Gasteiger partial charge in [-0.2, -0.15) is 0 Å². The van der Waals surface area contributed by atoms with Crippen molar-refractivity contribution in [2.75, 3.05) is 0 Å². The van der Waals surface area contributed by atoms with Gasteiger partial charge in [-0.05, 0) is 24.4 Å². The number of carbonyl (C=O) groups is 1. The summed E-state index contributed by atoms with van der Waals surface area (Å²) >= 11 is 1.09. The Hall–Kier alpha value is -1.70. The molecule has 0 aliphatic heterocycles. The normalized spacial score (nSPS) is 13.3. The van der Waals surface area contributed by atoms with E-state index in [-0.39, 0.29) is 17.8 Å². The van der Waals surface area contributed by atoms with Gasteiger partial charge >= 0.3 is 0 Å². The zero-order valence-corrected chi connectivity index (χ0v) is 11.9. The van der Waals surface area contributed by atoms with Gasteiger partial charge in [0.1, 0.15) is 10.7 Å². The SMILES string of the molecule is CCCc1nnsc1C(=O)NC(CC)CC(N)=NO. The molecule has 19 heavy (non-hydrogen) atoms. The molecule has 0 aliphatic rings. The van der Waals surface area contributed by atoms with Gasteiger partial charge in [0.15, 0.2) is 0 Å². The molecule has 0 bridgehead atoms. The fourth-order valence-electron chi connectivity index (χ4n) is 1.62. The minimum absolute atomic E-state index is 0.100. The van der Waals surface area contributed by atoms with E-state index < -0.39 is 0 Å². The topological polar surface area (TPSA) is 113 Å². The molecule has 0 aromatic carbocycles. The van der Waals surface area contributed by atoms with Crippen molar-refractivity contribution in [2.45, 2.75) is 45.6 Å². The maximum atomic E-state index is 12.1. The maximum absolute atomic E-state index is 12.1. The van der Waals surface area contributed by atoms with Crippen LogP contribution >= 0.6 is 11.5 Å². The van der Waals surface area contributed by atoms with Crippen LogP contribution in [0.4, 0.5) is 0 Å². The second-order valence-corrected chi connectivity index (χ2v) is 4.93. The molecule has 4 N–H and O–H groups in total. The van der Waals surface area contributed by atoms with E-state index >= 15 is 0 Å². The Morgan fingerprint density at radius 1 is 1.58 bits per heavy atom. The predicted molar refractivity (Wildman–Crippen MR) is 73.5 cm³/mol. The van der Waals surface area contributed by atoms with Gasteiger partial charge in [0.2, 0.25) is 0 Å². The summed E-state index contributed by atoms with van der Waals surface area (Å²) in [6, 6.07) is -0.167. The van der Waals surface area contributed by atoms with E-state index in [0.29, 0.717) is 17.7 Å². The Bertz CT molecular complexity index is 446. The summed E-state index contributed by atoms with van der Waals surface area (Å²) in [5, 5.41) is 18.3. The highest BCUT2D eigenvalue weighted by Crippen LogP contribution is 2.13. The molecule has 0 saturated heterocycles. The molecule has 7 nitrogen and oxygen atoms in total. The molecule has 1 unspecified atom stereocenters. The summed E-state index contributed by atoms with van der Waals surface area (Å²) in [5.41, 5.74) is 6.17. The van der Waals surface area contributed by atoms with Crippen LogP contribution in [0.1, 0.15) is 48.5 Å². The van der Waals surface area contributed by atoms with Gasteiger partial charge in [-0.3, -0.25) is 4.79 Å². The third-order valence-corrected chi connectivity index (χ3v) is 3.43. The number of rotatable bonds is 7. The fraction of sp³-hybridized carbons (Fsp3) is 0.636. The highest BCUT2D eigenvalue weighted by Gasteiger charge is 2.19. The lowest BCUT2D eigenvalue weighted by Crippen LogP contribution is -2.37. The summed E-state index contributed by atoms with van der Waals surface area (Å²) in [7, 11) is 0. The van der Waals surface area contributed by atoms with E-state index in [1.807, 2.05) is 13.8 Å². The molecule has 0 saturated carbocycles. The lowest BCUT2D eigenvalue weighted by atomic mass is 10.1. The van der Waals surface area contributed by atoms with Crippen molar-refractivity contribution < 1.29 is 10.0 Å². The molecule has 1 aromatic heterocycles. The minimum atomic E-state index is -0.198. The summed E-state index contributed by atoms with van der Waals surface area (Å²) in [6.45, 7) is 3.95. The molecule has 0 spiro atoms. The van der Waals surface area contributed by atoms with Gasteiger partial charge in [-0.15, -0.1) is 5.10 Å². The Morgan fingerprint density at radius 2 is 2.32 bits per heavy atom. The van der Waals surface area contributed by atoms with Crippen LogP contribution < -0.4 is 11.1 Å². The van der Waals surface area contributed by atoms with Gasteiger partial charge in [0, 0.05) is 12.5 Å². The van der Waals surface area contributed by atoms with Crippen LogP contribution in [0.25, 0.3) is 0 Å². The molecule has 0 fully saturated rings. The summed E-state index contributed by atoms with van der Waals surface area (Å²) < 4.78 is 3.81. The molecular formula is C11H19N5O2S. The van der Waals surface area contributed by atoms with Gasteiger partial charge < -0.3 is 16.3 Å². The number of nitrogens with zero attached hydrogens (tertiary/aromatic N) is 3. The Balaban J connectivity index is 2.69. The number of nitrogens with two attached hydrogens (primary N) is 1. The van der Waals surface area contributed by atoms with E-state index in [1.165, 1.54) is 0 Å². The van der Waals surface area contributed by atoms with E-state index in [0.717, 1.165) is 30.1 Å². The summed E-state index contributed by atoms with van der Waals surface area (Å²) in [6.07, 6.45) is 2.65. The highest BCUT2D eigenvalue weighted by atomic mass is 32.1. The molecule has 1 rings (SSSR count). The van der Waals surface area contributed by atoms with Crippen molar-refractivity contribution in [3.05, 3.63) is 10.6 Å². The van der Waals surface area contributed by atoms with Crippen molar-refractivity contribution in [3.8, 4) is 0 Å². The maximum Gasteiger partial charge on any atom is 0.265 e. The number of hydrogen-bond donors (Lipinski definition) is 3. The molecule has 1 atom stereocenters. The largest absolute Gasteiger partial charge is 0.409 e. The van der Waals surface area contributed by atoms with Crippen molar-refractivity contribution in [2.24, 2.45) is 10.9 Å². The molecule has 1 aromatic rings. The number of aryl methyl sites for hydroxylation is 1. The number of nitrogens with one attached hydrogen (secondary N) is 1. The first-order valence-electron chi connectivity index (χ1n) is 6.20. The monoisotopic (exact) mass is 285 g/mol. The lowest BCUT2D eigenvalue weighted by molar-refractivity contribution is 0.0940. The molecule has 8 heteroatoms. The van der Waals surface area contributed by atoms with Crippen LogP contribution in [0.3, 0.4) is 0 Å². The molecule has 1 amide bonds. The van der Waals surface area contributed by atoms with Gasteiger partial charge in [0.05, 0.1) is 5.69 Å². The average Bonchev–Trinajstić information content (AvgIpc) is 2.86. The molecule has 0 radical (unpaired) electrons. The smallest absolute Gasteiger partial charge is 0.265 e. The summed E-state index contributed by atoms with van der Waals surface area (Å²) in [4.78, 5) is 12.7. The zero-order chi connectivity index (χ0) is 14.3. The van der Waals surface area contributed by atoms with E-state index in [2.05, 4.69) is 20.1 Å². The fourth-order valence-corrected chi connectivity index (χ4v) is 2.23. The molecule has 106 valence electrons. The van der Waals surface area contributed by atoms with Crippen LogP contribution in [0, 0.1) is 0 Å². The second-order valence-electron chi connectivity index (χ2n) is 4.17. The summed E-state index contributed by atoms with van der Waals surface area (Å²) in [5.74, 6) is -0.0978. The van der Waals surface area contributed by atoms with Crippen LogP contribution in [0.5, 0.6) is 0 Å². The number of oxime groups is 1. The van der Waals surface area contributed by atoms with Crippen molar-refractivity contribution in [1.29, 1.82) is 0 Å². The van der Waals surface area contributed by atoms with Gasteiger partial charge in [-0.1, -0.05) is 29.9 Å². The van der Waals surface area contributed by atoms with E-state index in [1.54, 1.807) is 0 Å². The highest BCUT2D eigenvalue weighted by molar-refractivity contribution is 7.08. The Kier molecular flexibility index (Phi) is 6.20. The third-order valence-electron chi connectivity index (χ3n) is 2.66. The van der Waals surface area contributed by atoms with E-state index in [4.69, 9.17) is 10.9 Å². The minimum Gasteiger partial charge on any atom is -0.409 e. The molecule has 1 heterocycles. The van der Waals surface area contributed by atoms with Crippen molar-refractivity contribution >= 4 is 23.3 Å². The average molecular weight is 285 g/mol.